The number of likely N-dealkylation sites (N-methyl/N-ethyl adjacent to an activating group) is 1. The van der Waals surface area contributed by atoms with Crippen molar-refractivity contribution < 1.29 is 9.53 Å². The molecule has 1 fully saturated rings. The Bertz CT molecular complexity index is 722. The molecule has 144 valence electrons. The summed E-state index contributed by atoms with van der Waals surface area (Å²) in [5, 5.41) is 0. The van der Waals surface area contributed by atoms with Crippen LogP contribution in [-0.2, 0) is 9.53 Å². The first-order valence-corrected chi connectivity index (χ1v) is 9.79. The summed E-state index contributed by atoms with van der Waals surface area (Å²) >= 11 is 0. The van der Waals surface area contributed by atoms with E-state index in [9.17, 15) is 4.79 Å². The lowest BCUT2D eigenvalue weighted by molar-refractivity contribution is -0.124. The second kappa shape index (κ2) is 9.16. The zero-order valence-electron chi connectivity index (χ0n) is 16.6. The van der Waals surface area contributed by atoms with E-state index < -0.39 is 0 Å². The number of hydrogen-bond acceptors (Lipinski definition) is 4. The van der Waals surface area contributed by atoms with Crippen LogP contribution in [0.5, 0.6) is 0 Å². The molecule has 1 aliphatic rings. The number of carbonyl (C=O) groups is 1. The summed E-state index contributed by atoms with van der Waals surface area (Å²) in [5.41, 5.74) is 3.31. The van der Waals surface area contributed by atoms with Gasteiger partial charge in [0.1, 0.15) is 0 Å². The van der Waals surface area contributed by atoms with Crippen LogP contribution in [0.2, 0.25) is 0 Å². The molecule has 2 aromatic carbocycles. The first-order chi connectivity index (χ1) is 13.1. The first kappa shape index (κ1) is 19.6. The Hall–Kier alpha value is -2.17. The summed E-state index contributed by atoms with van der Waals surface area (Å²) in [6, 6.07) is 18.5. The Morgan fingerprint density at radius 3 is 2.15 bits per heavy atom. The molecule has 0 aliphatic carbocycles. The summed E-state index contributed by atoms with van der Waals surface area (Å²) in [4.78, 5) is 17.8. The number of ether oxygens (including phenoxy) is 1. The number of ketones is 1. The Labute approximate surface area is 162 Å². The van der Waals surface area contributed by atoms with Crippen molar-refractivity contribution in [2.24, 2.45) is 0 Å². The highest BCUT2D eigenvalue weighted by molar-refractivity contribution is 5.93. The summed E-state index contributed by atoms with van der Waals surface area (Å²) in [6.07, 6.45) is 0.807. The molecule has 4 nitrogen and oxygen atoms in total. The van der Waals surface area contributed by atoms with Crippen LogP contribution in [0, 0.1) is 0 Å². The molecule has 0 spiro atoms. The van der Waals surface area contributed by atoms with Crippen LogP contribution < -0.4 is 4.90 Å². The van der Waals surface area contributed by atoms with Crippen molar-refractivity contribution in [2.45, 2.75) is 25.3 Å². The highest BCUT2D eigenvalue weighted by Gasteiger charge is 2.30. The molecule has 0 radical (unpaired) electrons. The third-order valence-electron chi connectivity index (χ3n) is 5.36. The molecule has 1 aliphatic heterocycles. The van der Waals surface area contributed by atoms with Gasteiger partial charge >= 0.3 is 0 Å². The van der Waals surface area contributed by atoms with E-state index in [1.165, 1.54) is 5.69 Å². The van der Waals surface area contributed by atoms with Crippen LogP contribution in [-0.4, -0.2) is 57.1 Å². The molecule has 4 heteroatoms. The predicted molar refractivity (Wildman–Crippen MR) is 111 cm³/mol. The van der Waals surface area contributed by atoms with Gasteiger partial charge in [-0.25, -0.2) is 0 Å². The van der Waals surface area contributed by atoms with Crippen LogP contribution in [0.4, 0.5) is 5.69 Å². The normalized spacial score (nSPS) is 17.0. The third-order valence-corrected chi connectivity index (χ3v) is 5.36. The summed E-state index contributed by atoms with van der Waals surface area (Å²) < 4.78 is 5.44. The molecule has 0 bridgehead atoms. The molecule has 0 amide bonds. The van der Waals surface area contributed by atoms with Gasteiger partial charge in [0.2, 0.25) is 0 Å². The number of benzene rings is 2. The van der Waals surface area contributed by atoms with Crippen LogP contribution in [0.3, 0.4) is 0 Å². The highest BCUT2D eigenvalue weighted by Crippen LogP contribution is 2.30. The fraction of sp³-hybridized carbons (Fsp3) is 0.435. The molecule has 0 aromatic heterocycles. The molecule has 2 unspecified atom stereocenters. The van der Waals surface area contributed by atoms with Crippen molar-refractivity contribution in [2.75, 3.05) is 45.3 Å². The van der Waals surface area contributed by atoms with Gasteiger partial charge < -0.3 is 9.64 Å². The van der Waals surface area contributed by atoms with Crippen LogP contribution in [0.15, 0.2) is 54.6 Å². The van der Waals surface area contributed by atoms with Crippen molar-refractivity contribution in [1.82, 2.24) is 4.90 Å². The molecular formula is C23H30N2O2. The van der Waals surface area contributed by atoms with Gasteiger partial charge in [-0.2, -0.15) is 0 Å². The molecular weight excluding hydrogens is 336 g/mol. The zero-order valence-corrected chi connectivity index (χ0v) is 16.6. The Morgan fingerprint density at radius 1 is 1.00 bits per heavy atom. The van der Waals surface area contributed by atoms with Gasteiger partial charge in [-0.3, -0.25) is 9.69 Å². The van der Waals surface area contributed by atoms with Crippen molar-refractivity contribution in [3.05, 3.63) is 65.7 Å². The number of carbonyl (C=O) groups excluding carboxylic acids is 1. The van der Waals surface area contributed by atoms with Gasteiger partial charge in [0.25, 0.3) is 0 Å². The average Bonchev–Trinajstić information content (AvgIpc) is 2.70. The van der Waals surface area contributed by atoms with Crippen LogP contribution in [0.1, 0.15) is 30.4 Å². The lowest BCUT2D eigenvalue weighted by Crippen LogP contribution is -2.38. The summed E-state index contributed by atoms with van der Waals surface area (Å²) in [6.45, 7) is 5.45. The van der Waals surface area contributed by atoms with Gasteiger partial charge in [-0.05, 0) is 43.8 Å². The van der Waals surface area contributed by atoms with E-state index in [-0.39, 0.29) is 17.7 Å². The van der Waals surface area contributed by atoms with E-state index in [1.807, 2.05) is 37.2 Å². The minimum absolute atomic E-state index is 0.0888. The van der Waals surface area contributed by atoms with Gasteiger partial charge in [0, 0.05) is 18.8 Å². The quantitative estimate of drug-likeness (QED) is 0.750. The summed E-state index contributed by atoms with van der Waals surface area (Å²) in [7, 11) is 3.96. The van der Waals surface area contributed by atoms with Gasteiger partial charge in [-0.1, -0.05) is 49.4 Å². The maximum absolute atomic E-state index is 13.4. The topological polar surface area (TPSA) is 32.8 Å². The van der Waals surface area contributed by atoms with Gasteiger partial charge in [0.05, 0.1) is 25.2 Å². The number of Topliss-reactive ketones (excluding diaryl/α,β-unsaturated/α-hetero) is 1. The Kier molecular flexibility index (Phi) is 6.64. The van der Waals surface area contributed by atoms with E-state index in [0.29, 0.717) is 0 Å². The lowest BCUT2D eigenvalue weighted by Gasteiger charge is -2.30. The number of anilines is 1. The Balaban J connectivity index is 1.92. The van der Waals surface area contributed by atoms with Crippen LogP contribution in [0.25, 0.3) is 0 Å². The number of rotatable bonds is 7. The number of nitrogens with zero attached hydrogens (tertiary/aromatic N) is 2. The minimum Gasteiger partial charge on any atom is -0.378 e. The molecule has 2 atom stereocenters. The van der Waals surface area contributed by atoms with Gasteiger partial charge in [0.15, 0.2) is 5.78 Å². The highest BCUT2D eigenvalue weighted by atomic mass is 16.5. The van der Waals surface area contributed by atoms with Crippen molar-refractivity contribution in [3.8, 4) is 0 Å². The summed E-state index contributed by atoms with van der Waals surface area (Å²) in [5.74, 6) is 0.0186. The molecule has 1 saturated heterocycles. The second-order valence-electron chi connectivity index (χ2n) is 7.32. The molecule has 1 heterocycles. The van der Waals surface area contributed by atoms with E-state index in [0.717, 1.165) is 43.9 Å². The minimum atomic E-state index is -0.239. The van der Waals surface area contributed by atoms with E-state index in [2.05, 4.69) is 48.2 Å². The second-order valence-corrected chi connectivity index (χ2v) is 7.32. The first-order valence-electron chi connectivity index (χ1n) is 9.79. The standard InChI is InChI=1S/C23H30N2O2/c1-4-21(24(2)3)23(26)22(18-8-6-5-7-9-18)19-10-12-20(13-11-19)25-14-16-27-17-15-25/h5-13,21-22H,4,14-17H2,1-3H3. The Morgan fingerprint density at radius 2 is 1.59 bits per heavy atom. The molecule has 0 saturated carbocycles. The van der Waals surface area contributed by atoms with Crippen molar-refractivity contribution >= 4 is 11.5 Å². The predicted octanol–water partition coefficient (Wildman–Crippen LogP) is 3.56. The monoisotopic (exact) mass is 366 g/mol. The maximum Gasteiger partial charge on any atom is 0.161 e. The largest absolute Gasteiger partial charge is 0.378 e. The fourth-order valence-corrected chi connectivity index (χ4v) is 3.88. The molecule has 2 aromatic rings. The van der Waals surface area contributed by atoms with Crippen LogP contribution >= 0.6 is 0 Å². The number of morpholine rings is 1. The molecule has 3 rings (SSSR count). The lowest BCUT2D eigenvalue weighted by atomic mass is 9.83. The SMILES string of the molecule is CCC(C(=O)C(c1ccccc1)c1ccc(N2CCOCC2)cc1)N(C)C. The smallest absolute Gasteiger partial charge is 0.161 e. The van der Waals surface area contributed by atoms with Crippen molar-refractivity contribution in [3.63, 3.8) is 0 Å². The molecule has 27 heavy (non-hydrogen) atoms. The molecule has 0 N–H and O–H groups in total. The third kappa shape index (κ3) is 4.57. The zero-order chi connectivity index (χ0) is 19.2. The van der Waals surface area contributed by atoms with E-state index in [1.54, 1.807) is 0 Å². The van der Waals surface area contributed by atoms with E-state index in [4.69, 9.17) is 4.74 Å². The van der Waals surface area contributed by atoms with Gasteiger partial charge in [-0.15, -0.1) is 0 Å². The number of hydrogen-bond donors (Lipinski definition) is 0. The maximum atomic E-state index is 13.4. The fourth-order valence-electron chi connectivity index (χ4n) is 3.88. The van der Waals surface area contributed by atoms with Crippen molar-refractivity contribution in [1.29, 1.82) is 0 Å². The van der Waals surface area contributed by atoms with E-state index >= 15 is 0 Å². The average molecular weight is 367 g/mol.